The van der Waals surface area contributed by atoms with Crippen LogP contribution in [0.4, 0.5) is 0 Å². The van der Waals surface area contributed by atoms with Crippen molar-refractivity contribution in [3.63, 3.8) is 0 Å². The molecule has 0 amide bonds. The number of rotatable bonds is 6. The molecule has 27 heavy (non-hydrogen) atoms. The van der Waals surface area contributed by atoms with Crippen molar-refractivity contribution in [2.45, 2.75) is 15.0 Å². The Labute approximate surface area is 167 Å². The van der Waals surface area contributed by atoms with Crippen LogP contribution in [0.1, 0.15) is 10.8 Å². The van der Waals surface area contributed by atoms with Crippen LogP contribution in [0.5, 0.6) is 5.75 Å². The third-order valence-electron chi connectivity index (χ3n) is 4.34. The Morgan fingerprint density at radius 3 is 2.37 bits per heavy atom. The van der Waals surface area contributed by atoms with Gasteiger partial charge in [0.05, 0.1) is 15.5 Å². The van der Waals surface area contributed by atoms with Crippen molar-refractivity contribution in [3.05, 3.63) is 54.1 Å². The number of ether oxygens (including phenoxy) is 1. The van der Waals surface area contributed by atoms with E-state index in [9.17, 15) is 17.5 Å². The Morgan fingerprint density at radius 1 is 1.11 bits per heavy atom. The zero-order chi connectivity index (χ0) is 18.9. The van der Waals surface area contributed by atoms with Gasteiger partial charge in [-0.3, -0.25) is 9.11 Å². The van der Waals surface area contributed by atoms with Crippen LogP contribution in [0.15, 0.2) is 58.3 Å². The van der Waals surface area contributed by atoms with Crippen LogP contribution in [-0.4, -0.2) is 55.4 Å². The minimum Gasteiger partial charge on any atom is -0.492 e. The van der Waals surface area contributed by atoms with E-state index in [1.807, 2.05) is 19.0 Å². The molecule has 1 aliphatic rings. The van der Waals surface area contributed by atoms with E-state index >= 15 is 0 Å². The molecule has 1 atom stereocenters. The lowest BCUT2D eigenvalue weighted by molar-refractivity contribution is 0.261. The predicted molar refractivity (Wildman–Crippen MR) is 110 cm³/mol. The van der Waals surface area contributed by atoms with E-state index in [2.05, 4.69) is 0 Å². The van der Waals surface area contributed by atoms with Gasteiger partial charge in [-0.05, 0) is 50.0 Å². The fourth-order valence-electron chi connectivity index (χ4n) is 2.93. The maximum atomic E-state index is 13.0. The maximum Gasteiger partial charge on any atom is 0.187 e. The lowest BCUT2D eigenvalue weighted by Gasteiger charge is -2.27. The van der Waals surface area contributed by atoms with Crippen molar-refractivity contribution in [1.29, 1.82) is 0 Å². The summed E-state index contributed by atoms with van der Waals surface area (Å²) in [5.41, 5.74) is 0.471. The fraction of sp³-hybridized carbons (Fsp3) is 0.333. The molecule has 1 unspecified atom stereocenters. The molecule has 0 fully saturated rings. The summed E-state index contributed by atoms with van der Waals surface area (Å²) in [6.07, 6.45) is 0. The molecule has 2 aromatic carbocycles. The van der Waals surface area contributed by atoms with Crippen molar-refractivity contribution in [2.24, 2.45) is 0 Å². The second kappa shape index (κ2) is 8.38. The van der Waals surface area contributed by atoms with E-state index in [1.54, 1.807) is 36.4 Å². The summed E-state index contributed by atoms with van der Waals surface area (Å²) in [6.45, 7) is 1.27. The number of likely N-dealkylation sites (N-methyl/N-ethyl adjacent to an activating group) is 1. The van der Waals surface area contributed by atoms with Gasteiger partial charge in [0.15, 0.2) is 9.84 Å². The maximum absolute atomic E-state index is 13.0. The van der Waals surface area contributed by atoms with E-state index in [0.717, 1.165) is 6.54 Å². The largest absolute Gasteiger partial charge is 0.492 e. The first-order valence-electron chi connectivity index (χ1n) is 8.18. The van der Waals surface area contributed by atoms with Gasteiger partial charge in [0.1, 0.15) is 17.6 Å². The first-order chi connectivity index (χ1) is 12.2. The molecular formula is C18H24ClNO5S2. The second-order valence-corrected chi connectivity index (χ2v) is 10.8. The lowest BCUT2D eigenvalue weighted by atomic mass is 10.2. The molecule has 0 aliphatic carbocycles. The van der Waals surface area contributed by atoms with Crippen molar-refractivity contribution >= 4 is 32.8 Å². The highest BCUT2D eigenvalue weighted by Crippen LogP contribution is 2.61. The lowest BCUT2D eigenvalue weighted by Crippen LogP contribution is -2.19. The predicted octanol–water partition coefficient (Wildman–Crippen LogP) is 3.69. The van der Waals surface area contributed by atoms with Gasteiger partial charge in [-0.25, -0.2) is 8.42 Å². The van der Waals surface area contributed by atoms with Crippen molar-refractivity contribution < 1.29 is 22.3 Å². The summed E-state index contributed by atoms with van der Waals surface area (Å²) in [5.74, 6) is 0.400. The molecule has 0 saturated heterocycles. The molecule has 0 saturated carbocycles. The summed E-state index contributed by atoms with van der Waals surface area (Å²) < 4.78 is 52.2. The number of hydrogen-bond acceptors (Lipinski definition) is 6. The number of nitrogens with zero attached hydrogens (tertiary/aromatic N) is 1. The molecular weight excluding hydrogens is 410 g/mol. The van der Waals surface area contributed by atoms with Crippen LogP contribution >= 0.6 is 23.0 Å². The van der Waals surface area contributed by atoms with Gasteiger partial charge in [-0.1, -0.05) is 18.2 Å². The molecule has 2 aromatic rings. The highest BCUT2D eigenvalue weighted by Gasteiger charge is 2.42. The highest BCUT2D eigenvalue weighted by molar-refractivity contribution is 8.25. The van der Waals surface area contributed by atoms with Gasteiger partial charge in [0.2, 0.25) is 0 Å². The SMILES string of the molecule is CN(C)CCOc1ccc(S(=O)(=O)C2CS(O)(O)c3ccccc32)cc1.Cl. The molecule has 9 heteroatoms. The Bertz CT molecular complexity index is 885. The molecule has 0 aromatic heterocycles. The third-order valence-corrected chi connectivity index (χ3v) is 8.52. The summed E-state index contributed by atoms with van der Waals surface area (Å²) in [5, 5.41) is -0.954. The van der Waals surface area contributed by atoms with Crippen LogP contribution < -0.4 is 4.74 Å². The molecule has 2 N–H and O–H groups in total. The summed E-state index contributed by atoms with van der Waals surface area (Å²) >= 11 is 0. The van der Waals surface area contributed by atoms with E-state index in [4.69, 9.17) is 4.74 Å². The van der Waals surface area contributed by atoms with Gasteiger partial charge in [0, 0.05) is 6.54 Å². The quantitative estimate of drug-likeness (QED) is 0.722. The molecule has 6 nitrogen and oxygen atoms in total. The van der Waals surface area contributed by atoms with Gasteiger partial charge < -0.3 is 9.64 Å². The first kappa shape index (κ1) is 22.0. The van der Waals surface area contributed by atoms with Crippen LogP contribution in [0.2, 0.25) is 0 Å². The average Bonchev–Trinajstić information content (AvgIpc) is 2.88. The summed E-state index contributed by atoms with van der Waals surface area (Å²) in [4.78, 5) is 2.47. The first-order valence-corrected chi connectivity index (χ1v) is 11.4. The van der Waals surface area contributed by atoms with Gasteiger partial charge >= 0.3 is 0 Å². The van der Waals surface area contributed by atoms with Crippen molar-refractivity contribution in [3.8, 4) is 5.75 Å². The average molecular weight is 434 g/mol. The van der Waals surface area contributed by atoms with E-state index in [-0.39, 0.29) is 23.1 Å². The molecule has 0 radical (unpaired) electrons. The molecule has 0 bridgehead atoms. The van der Waals surface area contributed by atoms with Gasteiger partial charge in [-0.2, -0.15) is 10.6 Å². The Hall–Kier alpha value is -1.29. The van der Waals surface area contributed by atoms with Gasteiger partial charge in [0.25, 0.3) is 0 Å². The van der Waals surface area contributed by atoms with E-state index < -0.39 is 25.7 Å². The topological polar surface area (TPSA) is 87.1 Å². The number of halogens is 1. The Kier molecular flexibility index (Phi) is 6.83. The third kappa shape index (κ3) is 4.59. The van der Waals surface area contributed by atoms with Gasteiger partial charge in [-0.15, -0.1) is 12.4 Å². The molecule has 150 valence electrons. The highest BCUT2D eigenvalue weighted by atomic mass is 35.5. The van der Waals surface area contributed by atoms with E-state index in [1.165, 1.54) is 12.1 Å². The molecule has 0 spiro atoms. The number of sulfone groups is 1. The monoisotopic (exact) mass is 433 g/mol. The fourth-order valence-corrected chi connectivity index (χ4v) is 7.34. The van der Waals surface area contributed by atoms with Crippen LogP contribution in [0, 0.1) is 0 Å². The zero-order valence-corrected chi connectivity index (χ0v) is 17.6. The number of hydrogen-bond donors (Lipinski definition) is 2. The molecule has 3 rings (SSSR count). The van der Waals surface area contributed by atoms with Crippen LogP contribution in [0.25, 0.3) is 0 Å². The minimum absolute atomic E-state index is 0. The standard InChI is InChI=1S/C18H23NO5S2.ClH/c1-19(2)11-12-24-14-7-9-15(10-8-14)26(22,23)18-13-25(20,21)17-6-4-3-5-16(17)18;/h3-10,18,20-21H,11-13H2,1-2H3;1H. The van der Waals surface area contributed by atoms with Crippen molar-refractivity contribution in [2.75, 3.05) is 33.0 Å². The molecule has 1 heterocycles. The van der Waals surface area contributed by atoms with Crippen LogP contribution in [0.3, 0.4) is 0 Å². The van der Waals surface area contributed by atoms with Crippen LogP contribution in [-0.2, 0) is 9.84 Å². The second-order valence-electron chi connectivity index (χ2n) is 6.53. The minimum atomic E-state index is -3.74. The Balaban J connectivity index is 0.00000261. The smallest absolute Gasteiger partial charge is 0.187 e. The normalized spacial score (nSPS) is 19.2. The summed E-state index contributed by atoms with van der Waals surface area (Å²) in [7, 11) is -2.93. The summed E-state index contributed by atoms with van der Waals surface area (Å²) in [6, 6.07) is 12.9. The molecule has 1 aliphatic heterocycles. The van der Waals surface area contributed by atoms with E-state index in [0.29, 0.717) is 22.8 Å². The number of fused-ring (bicyclic) bond motifs is 1. The number of benzene rings is 2. The zero-order valence-electron chi connectivity index (χ0n) is 15.1. The Morgan fingerprint density at radius 2 is 1.74 bits per heavy atom. The van der Waals surface area contributed by atoms with Crippen molar-refractivity contribution in [1.82, 2.24) is 4.90 Å².